The Labute approximate surface area is 278 Å². The fraction of sp³-hybridized carbons (Fsp3) is 0.583. The monoisotopic (exact) mass is 646 g/mol. The number of piperazine rings is 1. The van der Waals surface area contributed by atoms with Gasteiger partial charge in [-0.1, -0.05) is 30.3 Å². The third-order valence-electron chi connectivity index (χ3n) is 10.9. The highest BCUT2D eigenvalue weighted by Gasteiger charge is 2.44. The van der Waals surface area contributed by atoms with E-state index in [4.69, 9.17) is 4.74 Å². The molecule has 4 heterocycles. The van der Waals surface area contributed by atoms with Gasteiger partial charge >= 0.3 is 12.1 Å². The van der Waals surface area contributed by atoms with E-state index in [1.807, 2.05) is 47.9 Å². The fourth-order valence-electron chi connectivity index (χ4n) is 8.47. The lowest BCUT2D eigenvalue weighted by Gasteiger charge is -2.46. The molecule has 254 valence electrons. The van der Waals surface area contributed by atoms with Gasteiger partial charge in [0.05, 0.1) is 13.0 Å². The quantitative estimate of drug-likeness (QED) is 0.417. The van der Waals surface area contributed by atoms with Crippen LogP contribution in [0.15, 0.2) is 36.4 Å². The molecule has 0 saturated carbocycles. The van der Waals surface area contributed by atoms with E-state index >= 15 is 0 Å². The van der Waals surface area contributed by atoms with Gasteiger partial charge in [0.2, 0.25) is 5.91 Å². The molecule has 3 fully saturated rings. The van der Waals surface area contributed by atoms with Crippen LogP contribution in [-0.4, -0.2) is 120 Å². The van der Waals surface area contributed by atoms with Crippen LogP contribution in [0.2, 0.25) is 0 Å². The average molecular weight is 647 g/mol. The van der Waals surface area contributed by atoms with Gasteiger partial charge in [-0.05, 0) is 80.7 Å². The summed E-state index contributed by atoms with van der Waals surface area (Å²) in [7, 11) is 1.66. The highest BCUT2D eigenvalue weighted by atomic mass is 16.5. The Morgan fingerprint density at radius 2 is 1.64 bits per heavy atom. The molecule has 3 atom stereocenters. The van der Waals surface area contributed by atoms with Crippen molar-refractivity contribution in [2.45, 2.75) is 70.5 Å². The molecule has 0 radical (unpaired) electrons. The van der Waals surface area contributed by atoms with Gasteiger partial charge in [0, 0.05) is 76.2 Å². The number of nitrogens with zero attached hydrogens (tertiary/aromatic N) is 4. The highest BCUT2D eigenvalue weighted by molar-refractivity contribution is 5.91. The number of carbonyl (C=O) groups excluding carboxylic acids is 2. The van der Waals surface area contributed by atoms with Crippen LogP contribution in [0.1, 0.15) is 47.9 Å². The number of methoxy groups -OCH3 is 1. The number of carbonyl (C=O) groups is 3. The molecule has 0 bridgehead atoms. The molecule has 4 amide bonds. The van der Waals surface area contributed by atoms with E-state index in [0.29, 0.717) is 51.4 Å². The average Bonchev–Trinajstić information content (AvgIpc) is 3.25. The maximum atomic E-state index is 14.7. The molecule has 3 N–H and O–H groups in total. The molecule has 11 nitrogen and oxygen atoms in total. The molecule has 11 heteroatoms. The molecule has 3 saturated heterocycles. The normalized spacial score (nSPS) is 23.5. The summed E-state index contributed by atoms with van der Waals surface area (Å²) < 4.78 is 5.62. The van der Waals surface area contributed by atoms with Gasteiger partial charge in [0.15, 0.2) is 0 Å². The molecule has 0 spiro atoms. The fourth-order valence-corrected chi connectivity index (χ4v) is 8.47. The van der Waals surface area contributed by atoms with E-state index < -0.39 is 18.1 Å². The number of anilines is 1. The summed E-state index contributed by atoms with van der Waals surface area (Å²) in [6, 6.07) is 11.5. The molecular formula is C36H50N6O5. The van der Waals surface area contributed by atoms with E-state index in [9.17, 15) is 19.5 Å². The van der Waals surface area contributed by atoms with Crippen molar-refractivity contribution in [1.82, 2.24) is 24.9 Å². The molecule has 2 aromatic carbocycles. The molecule has 4 aliphatic heterocycles. The zero-order valence-electron chi connectivity index (χ0n) is 28.0. The molecular weight excluding hydrogens is 596 g/mol. The summed E-state index contributed by atoms with van der Waals surface area (Å²) in [5.41, 5.74) is 4.88. The maximum absolute atomic E-state index is 14.7. The van der Waals surface area contributed by atoms with E-state index in [-0.39, 0.29) is 24.5 Å². The largest absolute Gasteiger partial charge is 0.496 e. The smallest absolute Gasteiger partial charge is 0.407 e. The first kappa shape index (κ1) is 33.1. The number of fused-ring (bicyclic) bond motifs is 1. The minimum atomic E-state index is -1.02. The molecule has 0 aromatic heterocycles. The minimum absolute atomic E-state index is 0.0134. The number of aryl methyl sites for hydroxylation is 2. The molecule has 47 heavy (non-hydrogen) atoms. The Kier molecular flexibility index (Phi) is 10.2. The van der Waals surface area contributed by atoms with Gasteiger partial charge in [-0.25, -0.2) is 9.59 Å². The lowest BCUT2D eigenvalue weighted by Crippen LogP contribution is -2.59. The number of carboxylic acid groups (broad SMARTS) is 1. The van der Waals surface area contributed by atoms with Crippen molar-refractivity contribution in [2.75, 3.05) is 64.8 Å². The molecule has 6 rings (SSSR count). The number of amides is 4. The molecule has 2 unspecified atom stereocenters. The maximum Gasteiger partial charge on any atom is 0.407 e. The second-order valence-electron chi connectivity index (χ2n) is 13.7. The lowest BCUT2D eigenvalue weighted by molar-refractivity contribution is -0.140. The number of likely N-dealkylation sites (tertiary alicyclic amines) is 2. The SMILES string of the molecule is COc1c(C)cc(CC(C(=O)N2CCC(N3CCNCC3)CC2)[C@H]2CC(N3CCc4ccccc4NC3=O)CCN2C(=O)O)cc1C. The Balaban J connectivity index is 1.27. The third-order valence-corrected chi connectivity index (χ3v) is 10.9. The summed E-state index contributed by atoms with van der Waals surface area (Å²) in [6.45, 7) is 10.2. The second-order valence-corrected chi connectivity index (χ2v) is 13.7. The predicted octanol–water partition coefficient (Wildman–Crippen LogP) is 3.97. The standard InChI is InChI=1S/C36H50N6O5/c1-24-20-26(21-25(2)33(24)47-3)22-30(34(43)40-14-9-28(10-15-40)39-18-12-37-13-19-39)32-23-29(11-17-42(32)36(45)46)41-16-8-27-6-4-5-7-31(27)38-35(41)44/h4-7,20-21,28-30,32,37H,8-19,22-23H2,1-3H3,(H,38,44)(H,45,46)/t29?,30?,32-/m1/s1. The Hall–Kier alpha value is -3.83. The number of benzene rings is 2. The summed E-state index contributed by atoms with van der Waals surface area (Å²) in [5, 5.41) is 16.9. The van der Waals surface area contributed by atoms with Gasteiger partial charge in [0.25, 0.3) is 0 Å². The first-order valence-electron chi connectivity index (χ1n) is 17.3. The zero-order valence-corrected chi connectivity index (χ0v) is 28.0. The van der Waals surface area contributed by atoms with Crippen molar-refractivity contribution in [3.63, 3.8) is 0 Å². The number of hydrogen-bond donors (Lipinski definition) is 3. The van der Waals surface area contributed by atoms with Crippen LogP contribution in [0.4, 0.5) is 15.3 Å². The Morgan fingerprint density at radius 3 is 2.32 bits per heavy atom. The van der Waals surface area contributed by atoms with Gasteiger partial charge in [0.1, 0.15) is 5.75 Å². The number of nitrogens with one attached hydrogen (secondary N) is 2. The van der Waals surface area contributed by atoms with E-state index in [0.717, 1.165) is 72.7 Å². The number of rotatable bonds is 7. The zero-order chi connectivity index (χ0) is 33.1. The number of para-hydroxylation sites is 1. The van der Waals surface area contributed by atoms with Crippen LogP contribution in [0.25, 0.3) is 0 Å². The van der Waals surface area contributed by atoms with Crippen molar-refractivity contribution in [3.8, 4) is 5.75 Å². The van der Waals surface area contributed by atoms with E-state index in [1.165, 1.54) is 4.90 Å². The Bertz CT molecular complexity index is 1430. The number of piperidine rings is 2. The van der Waals surface area contributed by atoms with Crippen molar-refractivity contribution >= 4 is 23.7 Å². The Morgan fingerprint density at radius 1 is 0.957 bits per heavy atom. The molecule has 4 aliphatic rings. The van der Waals surface area contributed by atoms with Crippen LogP contribution >= 0.6 is 0 Å². The predicted molar refractivity (Wildman–Crippen MR) is 181 cm³/mol. The topological polar surface area (TPSA) is 118 Å². The van der Waals surface area contributed by atoms with Crippen LogP contribution in [0, 0.1) is 19.8 Å². The van der Waals surface area contributed by atoms with Crippen molar-refractivity contribution < 1.29 is 24.2 Å². The molecule has 2 aromatic rings. The van der Waals surface area contributed by atoms with Crippen LogP contribution < -0.4 is 15.4 Å². The van der Waals surface area contributed by atoms with E-state index in [1.54, 1.807) is 7.11 Å². The van der Waals surface area contributed by atoms with Gasteiger partial charge in [-0.3, -0.25) is 9.69 Å². The first-order chi connectivity index (χ1) is 22.7. The van der Waals surface area contributed by atoms with Crippen molar-refractivity contribution in [1.29, 1.82) is 0 Å². The minimum Gasteiger partial charge on any atom is -0.496 e. The highest BCUT2D eigenvalue weighted by Crippen LogP contribution is 2.34. The summed E-state index contributed by atoms with van der Waals surface area (Å²) in [6.07, 6.45) is 2.91. The number of hydrogen-bond acceptors (Lipinski definition) is 6. The van der Waals surface area contributed by atoms with Crippen molar-refractivity contribution in [2.24, 2.45) is 5.92 Å². The van der Waals surface area contributed by atoms with Gasteiger partial charge in [-0.2, -0.15) is 0 Å². The number of ether oxygens (including phenoxy) is 1. The van der Waals surface area contributed by atoms with Crippen LogP contribution in [-0.2, 0) is 17.6 Å². The lowest BCUT2D eigenvalue weighted by atomic mass is 9.81. The first-order valence-corrected chi connectivity index (χ1v) is 17.3. The summed E-state index contributed by atoms with van der Waals surface area (Å²) in [4.78, 5) is 48.8. The van der Waals surface area contributed by atoms with Crippen LogP contribution in [0.3, 0.4) is 0 Å². The van der Waals surface area contributed by atoms with Gasteiger partial charge in [-0.15, -0.1) is 0 Å². The van der Waals surface area contributed by atoms with Crippen molar-refractivity contribution in [3.05, 3.63) is 58.7 Å². The third kappa shape index (κ3) is 7.21. The second kappa shape index (κ2) is 14.5. The molecule has 0 aliphatic carbocycles. The van der Waals surface area contributed by atoms with Crippen LogP contribution in [0.5, 0.6) is 5.75 Å². The van der Waals surface area contributed by atoms with Gasteiger partial charge < -0.3 is 35.2 Å². The summed E-state index contributed by atoms with van der Waals surface area (Å²) in [5.74, 6) is 0.258. The van der Waals surface area contributed by atoms with E-state index in [2.05, 4.69) is 27.7 Å². The number of urea groups is 1. The summed E-state index contributed by atoms with van der Waals surface area (Å²) >= 11 is 0.